The average molecular weight is 500 g/mol. The largest absolute Gasteiger partial charge is 0.461 e. The second kappa shape index (κ2) is 11.1. The van der Waals surface area contributed by atoms with Crippen LogP contribution in [0.3, 0.4) is 0 Å². The van der Waals surface area contributed by atoms with E-state index in [4.69, 9.17) is 26.4 Å². The summed E-state index contributed by atoms with van der Waals surface area (Å²) in [7, 11) is 0. The van der Waals surface area contributed by atoms with Crippen LogP contribution in [0, 0.1) is 13.8 Å². The Hall–Kier alpha value is -2.35. The number of hydrogen-bond acceptors (Lipinski definition) is 5. The van der Waals surface area contributed by atoms with E-state index in [9.17, 15) is 5.21 Å². The van der Waals surface area contributed by atoms with E-state index in [2.05, 4.69) is 43.5 Å². The summed E-state index contributed by atoms with van der Waals surface area (Å²) >= 11 is 6.77. The van der Waals surface area contributed by atoms with Crippen molar-refractivity contribution in [1.82, 2.24) is 25.3 Å². The van der Waals surface area contributed by atoms with E-state index in [1.165, 1.54) is 24.8 Å². The first kappa shape index (κ1) is 25.7. The number of aromatic amines is 1. The Morgan fingerprint density at radius 3 is 2.71 bits per heavy atom. The number of halogens is 1. The van der Waals surface area contributed by atoms with E-state index in [1.54, 1.807) is 4.63 Å². The fourth-order valence-electron chi connectivity index (χ4n) is 4.77. The minimum absolute atomic E-state index is 0.126. The van der Waals surface area contributed by atoms with Crippen LogP contribution in [0.15, 0.2) is 30.0 Å². The van der Waals surface area contributed by atoms with Gasteiger partial charge in [-0.3, -0.25) is 5.10 Å². The van der Waals surface area contributed by atoms with E-state index < -0.39 is 0 Å². The van der Waals surface area contributed by atoms with Crippen molar-refractivity contribution >= 4 is 17.2 Å². The van der Waals surface area contributed by atoms with E-state index in [0.717, 1.165) is 54.9 Å². The van der Waals surface area contributed by atoms with Gasteiger partial charge in [0.2, 0.25) is 0 Å². The molecule has 1 atom stereocenters. The topological polar surface area (TPSA) is 87.5 Å². The predicted octanol–water partition coefficient (Wildman–Crippen LogP) is 6.76. The van der Waals surface area contributed by atoms with Crippen LogP contribution in [0.25, 0.3) is 5.65 Å². The number of hydrogen-bond donors (Lipinski definition) is 3. The number of nitrogens with one attached hydrogen (secondary N) is 2. The lowest BCUT2D eigenvalue weighted by molar-refractivity contribution is 0.156. The summed E-state index contributed by atoms with van der Waals surface area (Å²) in [6.07, 6.45) is 11.0. The highest BCUT2D eigenvalue weighted by atomic mass is 35.5. The number of rotatable bonds is 13. The van der Waals surface area contributed by atoms with Gasteiger partial charge in [0.1, 0.15) is 16.5 Å². The van der Waals surface area contributed by atoms with Crippen molar-refractivity contribution < 1.29 is 9.94 Å². The van der Waals surface area contributed by atoms with Gasteiger partial charge in [0.25, 0.3) is 0 Å². The molecule has 2 heterocycles. The monoisotopic (exact) mass is 499 g/mol. The Morgan fingerprint density at radius 1 is 1.29 bits per heavy atom. The van der Waals surface area contributed by atoms with Crippen LogP contribution in [0.1, 0.15) is 93.8 Å². The van der Waals surface area contributed by atoms with E-state index in [-0.39, 0.29) is 17.9 Å². The molecule has 1 aliphatic carbocycles. The lowest BCUT2D eigenvalue weighted by Gasteiger charge is -2.19. The van der Waals surface area contributed by atoms with Gasteiger partial charge in [0.05, 0.1) is 11.6 Å². The number of allylic oxidation sites excluding steroid dienone is 1. The molecule has 0 aliphatic heterocycles. The van der Waals surface area contributed by atoms with Crippen molar-refractivity contribution in [3.8, 4) is 5.75 Å². The SMILES string of the molecule is CCCCCC/C=C(\Oc1ccc(C)cc1C)C(CNO)c1nc2c(Cl)c(C3(CC)CC3)[nH]n2n1. The van der Waals surface area contributed by atoms with Crippen LogP contribution in [0.2, 0.25) is 5.02 Å². The van der Waals surface area contributed by atoms with Crippen LogP contribution < -0.4 is 10.2 Å². The Balaban J connectivity index is 1.66. The third-order valence-corrected chi connectivity index (χ3v) is 7.59. The summed E-state index contributed by atoms with van der Waals surface area (Å²) in [4.78, 5) is 4.80. The van der Waals surface area contributed by atoms with Crippen LogP contribution in [0.4, 0.5) is 0 Å². The van der Waals surface area contributed by atoms with Gasteiger partial charge in [-0.05, 0) is 63.7 Å². The third kappa shape index (κ3) is 5.57. The molecule has 3 aromatic rings. The maximum atomic E-state index is 9.69. The molecule has 2 aromatic heterocycles. The van der Waals surface area contributed by atoms with Gasteiger partial charge in [-0.15, -0.1) is 5.10 Å². The van der Waals surface area contributed by atoms with Gasteiger partial charge in [-0.2, -0.15) is 4.63 Å². The van der Waals surface area contributed by atoms with Crippen LogP contribution in [-0.4, -0.2) is 31.6 Å². The molecule has 0 saturated heterocycles. The number of ether oxygens (including phenoxy) is 1. The van der Waals surface area contributed by atoms with Crippen molar-refractivity contribution in [2.45, 2.75) is 90.4 Å². The maximum absolute atomic E-state index is 9.69. The van der Waals surface area contributed by atoms with Gasteiger partial charge in [-0.25, -0.2) is 10.5 Å². The van der Waals surface area contributed by atoms with Crippen LogP contribution >= 0.6 is 11.6 Å². The van der Waals surface area contributed by atoms with Gasteiger partial charge >= 0.3 is 0 Å². The first-order chi connectivity index (χ1) is 16.9. The molecule has 1 saturated carbocycles. The molecular weight excluding hydrogens is 462 g/mol. The molecule has 4 rings (SSSR count). The zero-order valence-corrected chi connectivity index (χ0v) is 22.1. The normalized spacial score (nSPS) is 16.1. The zero-order chi connectivity index (χ0) is 25.0. The molecule has 190 valence electrons. The average Bonchev–Trinajstić information content (AvgIpc) is 3.43. The van der Waals surface area contributed by atoms with Crippen molar-refractivity contribution in [2.24, 2.45) is 0 Å². The van der Waals surface area contributed by atoms with Crippen molar-refractivity contribution in [1.29, 1.82) is 0 Å². The molecule has 1 aliphatic rings. The number of H-pyrrole nitrogens is 1. The molecule has 3 N–H and O–H groups in total. The van der Waals surface area contributed by atoms with Crippen molar-refractivity contribution in [3.63, 3.8) is 0 Å². The molecular formula is C27H38ClN5O2. The fourth-order valence-corrected chi connectivity index (χ4v) is 5.13. The van der Waals surface area contributed by atoms with E-state index in [1.807, 2.05) is 19.1 Å². The summed E-state index contributed by atoms with van der Waals surface area (Å²) in [5.74, 6) is 1.70. The summed E-state index contributed by atoms with van der Waals surface area (Å²) < 4.78 is 8.13. The van der Waals surface area contributed by atoms with Crippen molar-refractivity contribution in [3.05, 3.63) is 57.7 Å². The van der Waals surface area contributed by atoms with Gasteiger partial charge in [-0.1, -0.05) is 62.4 Å². The van der Waals surface area contributed by atoms with Crippen LogP contribution in [-0.2, 0) is 5.41 Å². The Morgan fingerprint density at radius 2 is 2.09 bits per heavy atom. The summed E-state index contributed by atoms with van der Waals surface area (Å²) in [6, 6.07) is 6.14. The van der Waals surface area contributed by atoms with E-state index in [0.29, 0.717) is 16.5 Å². The highest BCUT2D eigenvalue weighted by Crippen LogP contribution is 2.52. The lowest BCUT2D eigenvalue weighted by Crippen LogP contribution is -2.23. The lowest BCUT2D eigenvalue weighted by atomic mass is 9.99. The highest BCUT2D eigenvalue weighted by molar-refractivity contribution is 6.34. The van der Waals surface area contributed by atoms with E-state index >= 15 is 0 Å². The van der Waals surface area contributed by atoms with Gasteiger partial charge in [0, 0.05) is 12.0 Å². The van der Waals surface area contributed by atoms with Crippen molar-refractivity contribution in [2.75, 3.05) is 6.54 Å². The number of unbranched alkanes of at least 4 members (excludes halogenated alkanes) is 4. The predicted molar refractivity (Wildman–Crippen MR) is 139 cm³/mol. The smallest absolute Gasteiger partial charge is 0.194 e. The molecule has 0 amide bonds. The van der Waals surface area contributed by atoms with Gasteiger partial charge in [0.15, 0.2) is 11.5 Å². The van der Waals surface area contributed by atoms with Gasteiger partial charge < -0.3 is 9.94 Å². The number of hydroxylamine groups is 1. The molecule has 35 heavy (non-hydrogen) atoms. The molecule has 1 fully saturated rings. The first-order valence-electron chi connectivity index (χ1n) is 12.9. The molecule has 0 spiro atoms. The standard InChI is InChI=1S/C27H38ClN5O2/c1-5-7-8-9-10-11-22(35-21-13-12-18(3)16-19(21)4)20(17-29-34)25-30-26-23(28)24(31-33(26)32-25)27(6-2)14-15-27/h11-13,16,20,29,31,34H,5-10,14-15,17H2,1-4H3/b22-11-. The molecule has 0 bridgehead atoms. The minimum atomic E-state index is -0.374. The first-order valence-corrected chi connectivity index (χ1v) is 13.3. The summed E-state index contributed by atoms with van der Waals surface area (Å²) in [6.45, 7) is 8.74. The zero-order valence-electron chi connectivity index (χ0n) is 21.3. The number of benzene rings is 1. The minimum Gasteiger partial charge on any atom is -0.461 e. The number of fused-ring (bicyclic) bond motifs is 1. The molecule has 1 unspecified atom stereocenters. The Labute approximate surface area is 212 Å². The second-order valence-corrected chi connectivity index (χ2v) is 10.3. The Kier molecular flexibility index (Phi) is 8.19. The number of aromatic nitrogens is 4. The second-order valence-electron chi connectivity index (χ2n) is 9.88. The number of aryl methyl sites for hydroxylation is 2. The maximum Gasteiger partial charge on any atom is 0.194 e. The highest BCUT2D eigenvalue weighted by Gasteiger charge is 2.46. The Bertz CT molecular complexity index is 1180. The molecule has 0 radical (unpaired) electrons. The summed E-state index contributed by atoms with van der Waals surface area (Å²) in [5.41, 5.74) is 6.34. The molecule has 8 heteroatoms. The number of nitrogens with zero attached hydrogens (tertiary/aromatic N) is 3. The molecule has 7 nitrogen and oxygen atoms in total. The molecule has 1 aromatic carbocycles. The quantitative estimate of drug-likeness (QED) is 0.137. The third-order valence-electron chi connectivity index (χ3n) is 7.23. The fraction of sp³-hybridized carbons (Fsp3) is 0.556. The summed E-state index contributed by atoms with van der Waals surface area (Å²) in [5, 5.41) is 18.4. The van der Waals surface area contributed by atoms with Crippen LogP contribution in [0.5, 0.6) is 5.75 Å².